The first-order valence-electron chi connectivity index (χ1n) is 6.56. The fourth-order valence-electron chi connectivity index (χ4n) is 1.97. The summed E-state index contributed by atoms with van der Waals surface area (Å²) in [5.41, 5.74) is 8.22. The minimum atomic E-state index is -0.855. The number of carbonyl (C=O) groups is 1. The lowest BCUT2D eigenvalue weighted by Gasteiger charge is -2.26. The third kappa shape index (κ3) is 5.41. The molecule has 19 heavy (non-hydrogen) atoms. The largest absolute Gasteiger partial charge is 0.481 e. The van der Waals surface area contributed by atoms with Crippen LogP contribution >= 0.6 is 0 Å². The number of carboxylic acid groups (broad SMARTS) is 1. The molecule has 0 saturated carbocycles. The molecule has 1 aromatic carbocycles. The van der Waals surface area contributed by atoms with Crippen molar-refractivity contribution in [1.82, 2.24) is 5.32 Å². The van der Waals surface area contributed by atoms with Gasteiger partial charge in [0.05, 0.1) is 6.42 Å². The SMILES string of the molecule is Cc1ccc(C(C)(C)CNCC(N)CC(=O)O)cc1. The summed E-state index contributed by atoms with van der Waals surface area (Å²) >= 11 is 0. The van der Waals surface area contributed by atoms with Gasteiger partial charge in [0.2, 0.25) is 0 Å². The standard InChI is InChI=1S/C15H24N2O2/c1-11-4-6-12(7-5-11)15(2,3)10-17-9-13(16)8-14(18)19/h4-7,13,17H,8-10,16H2,1-3H3,(H,18,19). The number of nitrogens with two attached hydrogens (primary N) is 1. The first kappa shape index (κ1) is 15.7. The van der Waals surface area contributed by atoms with Crippen LogP contribution < -0.4 is 11.1 Å². The van der Waals surface area contributed by atoms with Crippen molar-refractivity contribution in [2.24, 2.45) is 5.73 Å². The minimum absolute atomic E-state index is 0.00202. The van der Waals surface area contributed by atoms with E-state index in [1.807, 2.05) is 0 Å². The third-order valence-corrected chi connectivity index (χ3v) is 3.24. The second-order valence-corrected chi connectivity index (χ2v) is 5.74. The van der Waals surface area contributed by atoms with Crippen LogP contribution in [0.15, 0.2) is 24.3 Å². The molecule has 4 N–H and O–H groups in total. The summed E-state index contributed by atoms with van der Waals surface area (Å²) in [6, 6.07) is 8.13. The zero-order valence-corrected chi connectivity index (χ0v) is 11.9. The van der Waals surface area contributed by atoms with E-state index in [-0.39, 0.29) is 17.9 Å². The number of carboxylic acids is 1. The molecule has 1 aromatic rings. The number of rotatable bonds is 7. The van der Waals surface area contributed by atoms with Gasteiger partial charge in [0, 0.05) is 24.5 Å². The number of aliphatic carboxylic acids is 1. The highest BCUT2D eigenvalue weighted by atomic mass is 16.4. The average molecular weight is 264 g/mol. The van der Waals surface area contributed by atoms with Crippen LogP contribution in [0.25, 0.3) is 0 Å². The van der Waals surface area contributed by atoms with Gasteiger partial charge in [-0.15, -0.1) is 0 Å². The maximum Gasteiger partial charge on any atom is 0.304 e. The summed E-state index contributed by atoms with van der Waals surface area (Å²) in [5, 5.41) is 11.9. The van der Waals surface area contributed by atoms with Crippen LogP contribution in [-0.2, 0) is 10.2 Å². The number of hydrogen-bond donors (Lipinski definition) is 3. The molecule has 4 heteroatoms. The van der Waals surface area contributed by atoms with E-state index in [0.29, 0.717) is 6.54 Å². The van der Waals surface area contributed by atoms with Crippen molar-refractivity contribution in [3.8, 4) is 0 Å². The van der Waals surface area contributed by atoms with E-state index in [1.165, 1.54) is 11.1 Å². The first-order valence-corrected chi connectivity index (χ1v) is 6.56. The number of nitrogens with one attached hydrogen (secondary N) is 1. The highest BCUT2D eigenvalue weighted by Gasteiger charge is 2.20. The molecule has 0 aliphatic carbocycles. The molecule has 0 amide bonds. The van der Waals surface area contributed by atoms with Crippen LogP contribution in [0.2, 0.25) is 0 Å². The fourth-order valence-corrected chi connectivity index (χ4v) is 1.97. The van der Waals surface area contributed by atoms with Crippen molar-refractivity contribution >= 4 is 5.97 Å². The molecule has 106 valence electrons. The van der Waals surface area contributed by atoms with E-state index in [9.17, 15) is 4.79 Å². The average Bonchev–Trinajstić information content (AvgIpc) is 2.28. The second-order valence-electron chi connectivity index (χ2n) is 5.74. The minimum Gasteiger partial charge on any atom is -0.481 e. The zero-order chi connectivity index (χ0) is 14.5. The highest BCUT2D eigenvalue weighted by molar-refractivity contribution is 5.67. The fraction of sp³-hybridized carbons (Fsp3) is 0.533. The second kappa shape index (κ2) is 6.68. The maximum atomic E-state index is 10.5. The molecule has 0 fully saturated rings. The van der Waals surface area contributed by atoms with Crippen molar-refractivity contribution in [2.45, 2.75) is 38.6 Å². The summed E-state index contributed by atoms with van der Waals surface area (Å²) < 4.78 is 0. The number of hydrogen-bond acceptors (Lipinski definition) is 3. The molecule has 4 nitrogen and oxygen atoms in total. The van der Waals surface area contributed by atoms with Crippen LogP contribution in [0.5, 0.6) is 0 Å². The lowest BCUT2D eigenvalue weighted by molar-refractivity contribution is -0.137. The lowest BCUT2D eigenvalue weighted by atomic mass is 9.84. The topological polar surface area (TPSA) is 75.3 Å². The molecule has 0 radical (unpaired) electrons. The van der Waals surface area contributed by atoms with Gasteiger partial charge in [0.25, 0.3) is 0 Å². The van der Waals surface area contributed by atoms with Gasteiger partial charge in [-0.1, -0.05) is 43.7 Å². The maximum absolute atomic E-state index is 10.5. The predicted octanol–water partition coefficient (Wildman–Crippen LogP) is 1.66. The molecular formula is C15H24N2O2. The van der Waals surface area contributed by atoms with Gasteiger partial charge in [-0.2, -0.15) is 0 Å². The lowest BCUT2D eigenvalue weighted by Crippen LogP contribution is -2.41. The predicted molar refractivity (Wildman–Crippen MR) is 77.3 cm³/mol. The molecule has 0 spiro atoms. The Balaban J connectivity index is 2.46. The Bertz CT molecular complexity index is 413. The normalized spacial score (nSPS) is 13.3. The van der Waals surface area contributed by atoms with Gasteiger partial charge in [-0.3, -0.25) is 4.79 Å². The molecule has 0 saturated heterocycles. The Kier molecular flexibility index (Phi) is 5.51. The van der Waals surface area contributed by atoms with E-state index < -0.39 is 5.97 Å². The smallest absolute Gasteiger partial charge is 0.304 e. The summed E-state index contributed by atoms with van der Waals surface area (Å²) in [7, 11) is 0. The molecule has 0 aliphatic heterocycles. The number of benzene rings is 1. The summed E-state index contributed by atoms with van der Waals surface area (Å²) in [6.45, 7) is 7.67. The Morgan fingerprint density at radius 3 is 2.47 bits per heavy atom. The Hall–Kier alpha value is -1.39. The molecule has 1 unspecified atom stereocenters. The van der Waals surface area contributed by atoms with Crippen LogP contribution in [0.4, 0.5) is 0 Å². The Labute approximate surface area is 115 Å². The van der Waals surface area contributed by atoms with Gasteiger partial charge in [-0.25, -0.2) is 0 Å². The van der Waals surface area contributed by atoms with Gasteiger partial charge in [0.1, 0.15) is 0 Å². The van der Waals surface area contributed by atoms with Gasteiger partial charge < -0.3 is 16.2 Å². The van der Waals surface area contributed by atoms with E-state index in [1.54, 1.807) is 0 Å². The van der Waals surface area contributed by atoms with Crippen molar-refractivity contribution < 1.29 is 9.90 Å². The zero-order valence-electron chi connectivity index (χ0n) is 11.9. The Morgan fingerprint density at radius 1 is 1.37 bits per heavy atom. The van der Waals surface area contributed by atoms with Gasteiger partial charge >= 0.3 is 5.97 Å². The summed E-state index contributed by atoms with van der Waals surface area (Å²) in [4.78, 5) is 10.5. The number of aryl methyl sites for hydroxylation is 1. The third-order valence-electron chi connectivity index (χ3n) is 3.24. The molecule has 1 rings (SSSR count). The molecule has 0 bridgehead atoms. The Morgan fingerprint density at radius 2 is 1.95 bits per heavy atom. The van der Waals surface area contributed by atoms with Crippen LogP contribution in [0.3, 0.4) is 0 Å². The van der Waals surface area contributed by atoms with Crippen molar-refractivity contribution in [3.63, 3.8) is 0 Å². The molecule has 1 atom stereocenters. The van der Waals surface area contributed by atoms with Crippen molar-refractivity contribution in [1.29, 1.82) is 0 Å². The van der Waals surface area contributed by atoms with Gasteiger partial charge in [0.15, 0.2) is 0 Å². The van der Waals surface area contributed by atoms with E-state index >= 15 is 0 Å². The van der Waals surface area contributed by atoms with Crippen molar-refractivity contribution in [2.75, 3.05) is 13.1 Å². The van der Waals surface area contributed by atoms with E-state index in [0.717, 1.165) is 6.54 Å². The van der Waals surface area contributed by atoms with Crippen molar-refractivity contribution in [3.05, 3.63) is 35.4 Å². The van der Waals surface area contributed by atoms with Crippen LogP contribution in [0, 0.1) is 6.92 Å². The summed E-state index contributed by atoms with van der Waals surface area (Å²) in [6.07, 6.45) is -0.00202. The molecular weight excluding hydrogens is 240 g/mol. The highest BCUT2D eigenvalue weighted by Crippen LogP contribution is 2.22. The summed E-state index contributed by atoms with van der Waals surface area (Å²) in [5.74, 6) is -0.855. The van der Waals surface area contributed by atoms with Crippen LogP contribution in [0.1, 0.15) is 31.4 Å². The van der Waals surface area contributed by atoms with E-state index in [4.69, 9.17) is 10.8 Å². The first-order chi connectivity index (χ1) is 8.81. The quantitative estimate of drug-likeness (QED) is 0.700. The molecule has 0 heterocycles. The van der Waals surface area contributed by atoms with Crippen LogP contribution in [-0.4, -0.2) is 30.2 Å². The molecule has 0 aromatic heterocycles. The molecule has 0 aliphatic rings. The monoisotopic (exact) mass is 264 g/mol. The van der Waals surface area contributed by atoms with Gasteiger partial charge in [-0.05, 0) is 12.5 Å². The van der Waals surface area contributed by atoms with E-state index in [2.05, 4.69) is 50.4 Å².